The Balaban J connectivity index is 2.22. The Morgan fingerprint density at radius 2 is 1.79 bits per heavy atom. The van der Waals surface area contributed by atoms with E-state index in [2.05, 4.69) is 0 Å². The molecule has 0 radical (unpaired) electrons. The minimum absolute atomic E-state index is 0.510. The first kappa shape index (κ1) is 13.9. The Hall–Kier alpha value is -1.55. The second-order valence-corrected chi connectivity index (χ2v) is 4.74. The molecule has 3 N–H and O–H groups in total. The lowest BCUT2D eigenvalue weighted by Crippen LogP contribution is -2.19. The summed E-state index contributed by atoms with van der Waals surface area (Å²) in [6, 6.07) is 13.9. The van der Waals surface area contributed by atoms with Crippen LogP contribution in [0.4, 0.5) is 0 Å². The lowest BCUT2D eigenvalue weighted by atomic mass is 9.96. The molecule has 0 aliphatic heterocycles. The predicted octanol–water partition coefficient (Wildman–Crippen LogP) is 3.08. The second-order valence-electron chi connectivity index (χ2n) is 4.30. The summed E-state index contributed by atoms with van der Waals surface area (Å²) in [6.45, 7) is 0. The van der Waals surface area contributed by atoms with Gasteiger partial charge in [-0.2, -0.15) is 0 Å². The summed E-state index contributed by atoms with van der Waals surface area (Å²) in [5.41, 5.74) is 7.64. The fourth-order valence-electron chi connectivity index (χ4n) is 1.90. The first-order chi connectivity index (χ1) is 9.11. The molecule has 2 aromatic carbocycles. The highest BCUT2D eigenvalue weighted by molar-refractivity contribution is 6.30. The van der Waals surface area contributed by atoms with E-state index in [-0.39, 0.29) is 0 Å². The molecule has 0 amide bonds. The normalized spacial score (nSPS) is 13.9. The van der Waals surface area contributed by atoms with E-state index < -0.39 is 12.1 Å². The molecule has 100 valence electrons. The molecule has 4 heteroatoms. The molecule has 2 unspecified atom stereocenters. The van der Waals surface area contributed by atoms with Crippen LogP contribution in [0.2, 0.25) is 5.02 Å². The monoisotopic (exact) mass is 277 g/mol. The van der Waals surface area contributed by atoms with Gasteiger partial charge in [0.1, 0.15) is 5.75 Å². The Labute approximate surface area is 117 Å². The molecule has 0 heterocycles. The van der Waals surface area contributed by atoms with E-state index in [1.54, 1.807) is 25.3 Å². The Morgan fingerprint density at radius 1 is 1.11 bits per heavy atom. The van der Waals surface area contributed by atoms with Gasteiger partial charge in [0.15, 0.2) is 0 Å². The van der Waals surface area contributed by atoms with Crippen LogP contribution in [-0.2, 0) is 0 Å². The van der Waals surface area contributed by atoms with Crippen molar-refractivity contribution in [1.82, 2.24) is 0 Å². The zero-order chi connectivity index (χ0) is 13.8. The molecule has 2 aromatic rings. The molecule has 0 aromatic heterocycles. The third-order valence-corrected chi connectivity index (χ3v) is 3.28. The minimum atomic E-state index is -0.795. The summed E-state index contributed by atoms with van der Waals surface area (Å²) in [7, 11) is 1.59. The standard InChI is InChI=1S/C15H16ClNO2/c1-19-13-4-2-3-11(9-13)15(18)14(17)10-5-7-12(16)8-6-10/h2-9,14-15,18H,17H2,1H3. The molecule has 0 spiro atoms. The highest BCUT2D eigenvalue weighted by Gasteiger charge is 2.19. The van der Waals surface area contributed by atoms with Gasteiger partial charge in [0, 0.05) is 5.02 Å². The zero-order valence-corrected chi connectivity index (χ0v) is 11.3. The number of aliphatic hydroxyl groups excluding tert-OH is 1. The Bertz CT molecular complexity index is 542. The van der Waals surface area contributed by atoms with Gasteiger partial charge in [0.2, 0.25) is 0 Å². The molecule has 0 saturated carbocycles. The first-order valence-electron chi connectivity index (χ1n) is 5.95. The predicted molar refractivity (Wildman–Crippen MR) is 76.3 cm³/mol. The third kappa shape index (κ3) is 3.26. The smallest absolute Gasteiger partial charge is 0.119 e. The molecule has 2 rings (SSSR count). The lowest BCUT2D eigenvalue weighted by molar-refractivity contribution is 0.146. The van der Waals surface area contributed by atoms with E-state index in [9.17, 15) is 5.11 Å². The van der Waals surface area contributed by atoms with E-state index in [4.69, 9.17) is 22.1 Å². The van der Waals surface area contributed by atoms with Gasteiger partial charge in [0.25, 0.3) is 0 Å². The van der Waals surface area contributed by atoms with Gasteiger partial charge in [-0.15, -0.1) is 0 Å². The van der Waals surface area contributed by atoms with Crippen LogP contribution in [0, 0.1) is 0 Å². The van der Waals surface area contributed by atoms with Crippen molar-refractivity contribution >= 4 is 11.6 Å². The largest absolute Gasteiger partial charge is 0.497 e. The van der Waals surface area contributed by atoms with E-state index in [1.807, 2.05) is 30.3 Å². The number of hydrogen-bond donors (Lipinski definition) is 2. The van der Waals surface area contributed by atoms with Gasteiger partial charge < -0.3 is 15.6 Å². The van der Waals surface area contributed by atoms with Crippen molar-refractivity contribution in [3.63, 3.8) is 0 Å². The molecule has 0 fully saturated rings. The van der Waals surface area contributed by atoms with Crippen LogP contribution in [0.25, 0.3) is 0 Å². The molecule has 19 heavy (non-hydrogen) atoms. The second kappa shape index (κ2) is 6.06. The average molecular weight is 278 g/mol. The van der Waals surface area contributed by atoms with Crippen LogP contribution in [0.15, 0.2) is 48.5 Å². The summed E-state index contributed by atoms with van der Waals surface area (Å²) < 4.78 is 5.14. The van der Waals surface area contributed by atoms with Crippen molar-refractivity contribution in [2.75, 3.05) is 7.11 Å². The van der Waals surface area contributed by atoms with Crippen LogP contribution in [-0.4, -0.2) is 12.2 Å². The van der Waals surface area contributed by atoms with Crippen LogP contribution in [0.3, 0.4) is 0 Å². The lowest BCUT2D eigenvalue weighted by Gasteiger charge is -2.20. The van der Waals surface area contributed by atoms with E-state index >= 15 is 0 Å². The number of ether oxygens (including phenoxy) is 1. The topological polar surface area (TPSA) is 55.5 Å². The summed E-state index contributed by atoms with van der Waals surface area (Å²) in [4.78, 5) is 0. The van der Waals surface area contributed by atoms with Crippen molar-refractivity contribution in [3.8, 4) is 5.75 Å². The minimum Gasteiger partial charge on any atom is -0.497 e. The zero-order valence-electron chi connectivity index (χ0n) is 10.6. The quantitative estimate of drug-likeness (QED) is 0.903. The summed E-state index contributed by atoms with van der Waals surface area (Å²) in [6.07, 6.45) is -0.795. The first-order valence-corrected chi connectivity index (χ1v) is 6.32. The summed E-state index contributed by atoms with van der Waals surface area (Å²) >= 11 is 5.83. The fraction of sp³-hybridized carbons (Fsp3) is 0.200. The molecular weight excluding hydrogens is 262 g/mol. The summed E-state index contributed by atoms with van der Waals surface area (Å²) in [5, 5.41) is 11.0. The van der Waals surface area contributed by atoms with Gasteiger partial charge >= 0.3 is 0 Å². The maximum Gasteiger partial charge on any atom is 0.119 e. The number of rotatable bonds is 4. The Morgan fingerprint density at radius 3 is 2.42 bits per heavy atom. The number of benzene rings is 2. The number of halogens is 1. The highest BCUT2D eigenvalue weighted by Crippen LogP contribution is 2.29. The van der Waals surface area contributed by atoms with Gasteiger partial charge in [-0.3, -0.25) is 0 Å². The van der Waals surface area contributed by atoms with Gasteiger partial charge in [-0.25, -0.2) is 0 Å². The number of aliphatic hydroxyl groups is 1. The maximum absolute atomic E-state index is 10.3. The molecule has 3 nitrogen and oxygen atoms in total. The van der Waals surface area contributed by atoms with Crippen LogP contribution in [0.5, 0.6) is 5.75 Å². The fourth-order valence-corrected chi connectivity index (χ4v) is 2.03. The number of methoxy groups -OCH3 is 1. The van der Waals surface area contributed by atoms with Gasteiger partial charge in [0.05, 0.1) is 19.3 Å². The Kier molecular flexibility index (Phi) is 4.43. The van der Waals surface area contributed by atoms with Gasteiger partial charge in [-0.1, -0.05) is 35.9 Å². The van der Waals surface area contributed by atoms with E-state index in [0.717, 1.165) is 11.1 Å². The molecule has 2 atom stereocenters. The van der Waals surface area contributed by atoms with Crippen LogP contribution < -0.4 is 10.5 Å². The molecule has 0 aliphatic carbocycles. The molecule has 0 saturated heterocycles. The van der Waals surface area contributed by atoms with E-state index in [1.165, 1.54) is 0 Å². The van der Waals surface area contributed by atoms with E-state index in [0.29, 0.717) is 10.8 Å². The number of hydrogen-bond acceptors (Lipinski definition) is 3. The van der Waals surface area contributed by atoms with Crippen molar-refractivity contribution in [1.29, 1.82) is 0 Å². The third-order valence-electron chi connectivity index (χ3n) is 3.03. The highest BCUT2D eigenvalue weighted by atomic mass is 35.5. The SMILES string of the molecule is COc1cccc(C(O)C(N)c2ccc(Cl)cc2)c1. The number of nitrogens with two attached hydrogens (primary N) is 1. The van der Waals surface area contributed by atoms with Crippen LogP contribution >= 0.6 is 11.6 Å². The van der Waals surface area contributed by atoms with Crippen molar-refractivity contribution in [3.05, 3.63) is 64.7 Å². The van der Waals surface area contributed by atoms with Crippen molar-refractivity contribution < 1.29 is 9.84 Å². The average Bonchev–Trinajstić information content (AvgIpc) is 2.46. The van der Waals surface area contributed by atoms with Crippen LogP contribution in [0.1, 0.15) is 23.3 Å². The molecular formula is C15H16ClNO2. The van der Waals surface area contributed by atoms with Gasteiger partial charge in [-0.05, 0) is 35.4 Å². The molecule has 0 aliphatic rings. The molecule has 0 bridgehead atoms. The van der Waals surface area contributed by atoms with Crippen molar-refractivity contribution in [2.24, 2.45) is 5.73 Å². The summed E-state index contributed by atoms with van der Waals surface area (Å²) in [5.74, 6) is 0.694. The maximum atomic E-state index is 10.3. The van der Waals surface area contributed by atoms with Crippen molar-refractivity contribution in [2.45, 2.75) is 12.1 Å².